The van der Waals surface area contributed by atoms with Gasteiger partial charge in [-0.15, -0.1) is 0 Å². The minimum atomic E-state index is -3.84. The predicted octanol–water partition coefficient (Wildman–Crippen LogP) is 7.84. The molecule has 1 N–H and O–H groups in total. The number of nitrogens with one attached hydrogen (secondary N) is 1. The summed E-state index contributed by atoms with van der Waals surface area (Å²) >= 11 is 12.2. The fraction of sp³-hybridized carbons (Fsp3) is 0.364. The standard InChI is InChI=1S/C33H37Cl2NO5S/c1-40-33(37)12-8-3-2-7-11-29-27(22-36-42(38,39)32-21-28(34)18-19-30(32)35)17-20-31(29)41-23-24-13-15-26(16-14-24)25-9-5-4-6-10-25/h2,4-7,9-10,13-16,18-19,21,27,29,31,36H,3,8,11-12,17,20,22-23H2,1H3/b7-2-/t27-,29-,31+/m1/s1. The van der Waals surface area contributed by atoms with Crippen molar-refractivity contribution >= 4 is 39.2 Å². The molecule has 0 aliphatic heterocycles. The van der Waals surface area contributed by atoms with Crippen LogP contribution in [0.1, 0.15) is 44.1 Å². The Bertz CT molecular complexity index is 1450. The summed E-state index contributed by atoms with van der Waals surface area (Å²) in [6.07, 6.45) is 8.49. The highest BCUT2D eigenvalue weighted by Gasteiger charge is 2.36. The van der Waals surface area contributed by atoms with E-state index in [4.69, 9.17) is 32.7 Å². The Hall–Kier alpha value is -2.68. The fourth-order valence-corrected chi connectivity index (χ4v) is 7.21. The molecule has 224 valence electrons. The Morgan fingerprint density at radius 3 is 2.45 bits per heavy atom. The molecular weight excluding hydrogens is 593 g/mol. The van der Waals surface area contributed by atoms with Gasteiger partial charge in [-0.2, -0.15) is 0 Å². The molecule has 3 aromatic carbocycles. The number of methoxy groups -OCH3 is 1. The van der Waals surface area contributed by atoms with E-state index >= 15 is 0 Å². The number of ether oxygens (including phenoxy) is 2. The highest BCUT2D eigenvalue weighted by atomic mass is 35.5. The van der Waals surface area contributed by atoms with Gasteiger partial charge in [0.15, 0.2) is 0 Å². The van der Waals surface area contributed by atoms with Crippen LogP contribution in [-0.2, 0) is 30.9 Å². The molecule has 6 nitrogen and oxygen atoms in total. The van der Waals surface area contributed by atoms with Gasteiger partial charge < -0.3 is 9.47 Å². The van der Waals surface area contributed by atoms with Gasteiger partial charge in [-0.05, 0) is 78.8 Å². The Labute approximate surface area is 259 Å². The maximum absolute atomic E-state index is 13.1. The zero-order valence-electron chi connectivity index (χ0n) is 23.7. The number of carbonyl (C=O) groups is 1. The smallest absolute Gasteiger partial charge is 0.305 e. The van der Waals surface area contributed by atoms with E-state index in [9.17, 15) is 13.2 Å². The molecule has 1 aliphatic rings. The van der Waals surface area contributed by atoms with Gasteiger partial charge in [-0.3, -0.25) is 4.79 Å². The van der Waals surface area contributed by atoms with E-state index in [1.165, 1.54) is 24.8 Å². The second-order valence-electron chi connectivity index (χ2n) is 10.5. The van der Waals surface area contributed by atoms with E-state index < -0.39 is 10.0 Å². The molecule has 1 fully saturated rings. The van der Waals surface area contributed by atoms with E-state index in [2.05, 4.69) is 53.3 Å². The molecule has 4 rings (SSSR count). The van der Waals surface area contributed by atoms with Crippen molar-refractivity contribution in [3.63, 3.8) is 0 Å². The van der Waals surface area contributed by atoms with Crippen molar-refractivity contribution in [3.8, 4) is 11.1 Å². The molecule has 0 heterocycles. The Morgan fingerprint density at radius 1 is 0.976 bits per heavy atom. The number of esters is 1. The predicted molar refractivity (Wildman–Crippen MR) is 168 cm³/mol. The van der Waals surface area contributed by atoms with Gasteiger partial charge >= 0.3 is 5.97 Å². The fourth-order valence-electron chi connectivity index (χ4n) is 5.36. The lowest BCUT2D eigenvalue weighted by Gasteiger charge is -2.25. The maximum Gasteiger partial charge on any atom is 0.305 e. The van der Waals surface area contributed by atoms with E-state index in [0.717, 1.165) is 43.2 Å². The molecule has 3 atom stereocenters. The lowest BCUT2D eigenvalue weighted by atomic mass is 9.91. The second-order valence-corrected chi connectivity index (χ2v) is 13.1. The highest BCUT2D eigenvalue weighted by molar-refractivity contribution is 7.89. The van der Waals surface area contributed by atoms with Gasteiger partial charge in [-0.25, -0.2) is 13.1 Å². The molecule has 0 unspecified atom stereocenters. The van der Waals surface area contributed by atoms with Crippen molar-refractivity contribution in [2.75, 3.05) is 13.7 Å². The van der Waals surface area contributed by atoms with Crippen molar-refractivity contribution in [2.45, 2.75) is 56.1 Å². The monoisotopic (exact) mass is 629 g/mol. The summed E-state index contributed by atoms with van der Waals surface area (Å²) in [5.41, 5.74) is 3.41. The normalized spacial score (nSPS) is 18.9. The third-order valence-corrected chi connectivity index (χ3v) is 9.84. The number of rotatable bonds is 14. The first kappa shape index (κ1) is 32.2. The summed E-state index contributed by atoms with van der Waals surface area (Å²) in [5.74, 6) is 0.00232. The van der Waals surface area contributed by atoms with Crippen LogP contribution in [0.4, 0.5) is 0 Å². The lowest BCUT2D eigenvalue weighted by Crippen LogP contribution is -2.33. The van der Waals surface area contributed by atoms with Crippen molar-refractivity contribution in [2.24, 2.45) is 11.8 Å². The summed E-state index contributed by atoms with van der Waals surface area (Å²) in [4.78, 5) is 11.4. The van der Waals surface area contributed by atoms with Gasteiger partial charge in [-0.1, -0.05) is 90.0 Å². The molecular formula is C33H37Cl2NO5S. The van der Waals surface area contributed by atoms with E-state index in [0.29, 0.717) is 18.1 Å². The number of halogens is 2. The minimum Gasteiger partial charge on any atom is -0.469 e. The van der Waals surface area contributed by atoms with Crippen LogP contribution >= 0.6 is 23.2 Å². The topological polar surface area (TPSA) is 81.7 Å². The number of unbranched alkanes of at least 4 members (excludes halogenated alkanes) is 1. The molecule has 0 spiro atoms. The molecule has 0 saturated heterocycles. The number of sulfonamides is 1. The van der Waals surface area contributed by atoms with Gasteiger partial charge in [0.05, 0.1) is 24.8 Å². The average molecular weight is 631 g/mol. The van der Waals surface area contributed by atoms with Crippen LogP contribution in [-0.4, -0.2) is 34.1 Å². The van der Waals surface area contributed by atoms with Gasteiger partial charge in [0, 0.05) is 18.0 Å². The molecule has 1 saturated carbocycles. The molecule has 1 aliphatic carbocycles. The third-order valence-electron chi connectivity index (χ3n) is 7.70. The van der Waals surface area contributed by atoms with Crippen LogP contribution in [0, 0.1) is 11.8 Å². The van der Waals surface area contributed by atoms with E-state index in [1.807, 2.05) is 18.2 Å². The van der Waals surface area contributed by atoms with Gasteiger partial charge in [0.2, 0.25) is 10.0 Å². The van der Waals surface area contributed by atoms with E-state index in [-0.39, 0.29) is 40.4 Å². The average Bonchev–Trinajstić information content (AvgIpc) is 3.39. The second kappa shape index (κ2) is 15.7. The first-order chi connectivity index (χ1) is 20.3. The molecule has 9 heteroatoms. The van der Waals surface area contributed by atoms with Crippen molar-refractivity contribution in [1.82, 2.24) is 4.72 Å². The molecule has 42 heavy (non-hydrogen) atoms. The van der Waals surface area contributed by atoms with Crippen LogP contribution in [0.25, 0.3) is 11.1 Å². The SMILES string of the molecule is COC(=O)CCC/C=C\C[C@@H]1[C@@H](CNS(=O)(=O)c2cc(Cl)ccc2Cl)CC[C@@H]1OCc1ccc(-c2ccccc2)cc1. The molecule has 0 amide bonds. The largest absolute Gasteiger partial charge is 0.469 e. The van der Waals surface area contributed by atoms with E-state index in [1.54, 1.807) is 6.07 Å². The zero-order chi connectivity index (χ0) is 30.0. The van der Waals surface area contributed by atoms with Crippen LogP contribution in [0.5, 0.6) is 0 Å². The lowest BCUT2D eigenvalue weighted by molar-refractivity contribution is -0.140. The molecule has 0 bridgehead atoms. The van der Waals surface area contributed by atoms with Crippen LogP contribution in [0.3, 0.4) is 0 Å². The van der Waals surface area contributed by atoms with Crippen molar-refractivity contribution in [3.05, 3.63) is 101 Å². The highest BCUT2D eigenvalue weighted by Crippen LogP contribution is 2.37. The quantitative estimate of drug-likeness (QED) is 0.112. The first-order valence-electron chi connectivity index (χ1n) is 14.2. The van der Waals surface area contributed by atoms with Gasteiger partial charge in [0.25, 0.3) is 0 Å². The number of benzene rings is 3. The van der Waals surface area contributed by atoms with Crippen LogP contribution in [0.2, 0.25) is 10.0 Å². The summed E-state index contributed by atoms with van der Waals surface area (Å²) in [6, 6.07) is 23.0. The number of allylic oxidation sites excluding steroid dienone is 2. The van der Waals surface area contributed by atoms with Crippen LogP contribution in [0.15, 0.2) is 89.8 Å². The number of carbonyl (C=O) groups excluding carboxylic acids is 1. The molecule has 0 radical (unpaired) electrons. The summed E-state index contributed by atoms with van der Waals surface area (Å²) < 4.78 is 40.0. The zero-order valence-corrected chi connectivity index (χ0v) is 26.0. The van der Waals surface area contributed by atoms with Crippen molar-refractivity contribution < 1.29 is 22.7 Å². The first-order valence-corrected chi connectivity index (χ1v) is 16.4. The maximum atomic E-state index is 13.1. The molecule has 3 aromatic rings. The Morgan fingerprint density at radius 2 is 1.71 bits per heavy atom. The van der Waals surface area contributed by atoms with Crippen LogP contribution < -0.4 is 4.72 Å². The Balaban J connectivity index is 1.39. The summed E-state index contributed by atoms with van der Waals surface area (Å²) in [6.45, 7) is 0.757. The van der Waals surface area contributed by atoms with Crippen molar-refractivity contribution in [1.29, 1.82) is 0 Å². The number of hydrogen-bond donors (Lipinski definition) is 1. The summed E-state index contributed by atoms with van der Waals surface area (Å²) in [5, 5.41) is 0.436. The van der Waals surface area contributed by atoms with Gasteiger partial charge in [0.1, 0.15) is 4.90 Å². The Kier molecular flexibility index (Phi) is 12.0. The summed E-state index contributed by atoms with van der Waals surface area (Å²) in [7, 11) is -2.44. The molecule has 0 aromatic heterocycles. The number of hydrogen-bond acceptors (Lipinski definition) is 5. The third kappa shape index (κ3) is 9.16. The minimum absolute atomic E-state index is 0.0113.